The summed E-state index contributed by atoms with van der Waals surface area (Å²) in [4.78, 5) is 23.6. The Morgan fingerprint density at radius 1 is 1.17 bits per heavy atom. The maximum absolute atomic E-state index is 12.5. The minimum Gasteiger partial charge on any atom is -0.405 e. The number of allylic oxidation sites excluding steroid dienone is 2. The number of rotatable bonds is 2. The highest BCUT2D eigenvalue weighted by molar-refractivity contribution is 8.46. The zero-order valence-corrected chi connectivity index (χ0v) is 12.8. The zero-order chi connectivity index (χ0) is 16.6. The molecule has 1 fully saturated rings. The van der Waals surface area contributed by atoms with Gasteiger partial charge in [0.1, 0.15) is 9.95 Å². The number of carbonyl (C=O) groups is 2. The monoisotopic (exact) mass is 359 g/mol. The molecule has 9 heteroatoms. The molecule has 0 aliphatic carbocycles. The quantitative estimate of drug-likeness (QED) is 0.816. The second-order valence-corrected chi connectivity index (χ2v) is 7.41. The van der Waals surface area contributed by atoms with Crippen LogP contribution in [-0.4, -0.2) is 21.7 Å². The Morgan fingerprint density at radius 2 is 1.91 bits per heavy atom. The maximum Gasteiger partial charge on any atom is 0.573 e. The van der Waals surface area contributed by atoms with Crippen molar-refractivity contribution in [3.8, 4) is 5.75 Å². The van der Waals surface area contributed by atoms with E-state index in [0.29, 0.717) is 4.91 Å². The Morgan fingerprint density at radius 3 is 2.57 bits per heavy atom. The molecule has 23 heavy (non-hydrogen) atoms. The van der Waals surface area contributed by atoms with Crippen LogP contribution in [0.5, 0.6) is 5.75 Å². The lowest BCUT2D eigenvalue weighted by Crippen LogP contribution is -2.21. The number of amides is 2. The molecule has 0 bridgehead atoms. The van der Waals surface area contributed by atoms with Crippen LogP contribution in [0.25, 0.3) is 4.91 Å². The Bertz CT molecular complexity index is 797. The topological polar surface area (TPSA) is 55.4 Å². The van der Waals surface area contributed by atoms with Gasteiger partial charge in [-0.2, -0.15) is 0 Å². The molecule has 1 N–H and O–H groups in total. The van der Waals surface area contributed by atoms with Gasteiger partial charge < -0.3 is 4.74 Å². The normalized spacial score (nSPS) is 22.3. The van der Waals surface area contributed by atoms with Gasteiger partial charge in [-0.1, -0.05) is 24.3 Å². The number of benzene rings is 1. The summed E-state index contributed by atoms with van der Waals surface area (Å²) in [6.07, 6.45) is -1.55. The van der Waals surface area contributed by atoms with Gasteiger partial charge in [-0.25, -0.2) is 0 Å². The molecule has 1 aromatic rings. The molecule has 2 amide bonds. The summed E-state index contributed by atoms with van der Waals surface area (Å²) in [5, 5.41) is 3.34. The van der Waals surface area contributed by atoms with E-state index in [2.05, 4.69) is 10.1 Å². The van der Waals surface area contributed by atoms with Crippen LogP contribution in [-0.2, 0) is 4.79 Å². The average molecular weight is 359 g/mol. The van der Waals surface area contributed by atoms with Gasteiger partial charge in [0, 0.05) is 10.5 Å². The second-order valence-electron chi connectivity index (χ2n) is 4.37. The predicted molar refractivity (Wildman–Crippen MR) is 84.0 cm³/mol. The van der Waals surface area contributed by atoms with E-state index >= 15 is 0 Å². The van der Waals surface area contributed by atoms with E-state index in [1.807, 2.05) is 0 Å². The number of nitrogens with one attached hydrogen (secondary N) is 1. The first-order valence-electron chi connectivity index (χ1n) is 6.22. The fourth-order valence-electron chi connectivity index (χ4n) is 2.05. The molecule has 4 nitrogen and oxygen atoms in total. The summed E-state index contributed by atoms with van der Waals surface area (Å²) in [7, 11) is -0.901. The molecule has 0 saturated carbocycles. The van der Waals surface area contributed by atoms with Crippen LogP contribution < -0.4 is 10.1 Å². The van der Waals surface area contributed by atoms with Gasteiger partial charge >= 0.3 is 6.36 Å². The molecule has 1 saturated heterocycles. The lowest BCUT2D eigenvalue weighted by atomic mass is 10.2. The number of carbonyl (C=O) groups excluding carboxylic acids is 2. The number of hydrogen-bond donors (Lipinski definition) is 1. The highest BCUT2D eigenvalue weighted by Gasteiger charge is 2.34. The van der Waals surface area contributed by atoms with Crippen LogP contribution >= 0.6 is 22.2 Å². The van der Waals surface area contributed by atoms with E-state index in [1.165, 1.54) is 18.2 Å². The number of para-hydroxylation sites is 1. The lowest BCUT2D eigenvalue weighted by molar-refractivity contribution is -0.274. The standard InChI is InChI=1S/C14H8F3NO3S2/c15-14(16,17)21-9-5-2-1-4-8(9)10-6-3-7-23(10)12-11(19)18-13(20)22-12/h1-7H,(H,18,19,20). The highest BCUT2D eigenvalue weighted by Crippen LogP contribution is 2.47. The van der Waals surface area contributed by atoms with Gasteiger partial charge in [0.2, 0.25) is 0 Å². The van der Waals surface area contributed by atoms with E-state index in [0.717, 1.165) is 11.8 Å². The van der Waals surface area contributed by atoms with Crippen molar-refractivity contribution in [3.63, 3.8) is 0 Å². The van der Waals surface area contributed by atoms with Crippen LogP contribution in [0, 0.1) is 0 Å². The van der Waals surface area contributed by atoms with Crippen molar-refractivity contribution in [1.29, 1.82) is 0 Å². The highest BCUT2D eigenvalue weighted by atomic mass is 32.2. The van der Waals surface area contributed by atoms with E-state index in [9.17, 15) is 22.8 Å². The Kier molecular flexibility index (Phi) is 4.07. The molecule has 1 atom stereocenters. The van der Waals surface area contributed by atoms with Gasteiger partial charge in [0.15, 0.2) is 0 Å². The van der Waals surface area contributed by atoms with Crippen molar-refractivity contribution >= 4 is 42.5 Å². The summed E-state index contributed by atoms with van der Waals surface area (Å²) in [6.45, 7) is 0. The zero-order valence-electron chi connectivity index (χ0n) is 11.2. The first-order valence-corrected chi connectivity index (χ1v) is 8.32. The average Bonchev–Trinajstić information content (AvgIpc) is 3.03. The minimum absolute atomic E-state index is 0.235. The number of halogens is 3. The molecular formula is C14H8F3NO3S2. The summed E-state index contributed by atoms with van der Waals surface area (Å²) in [6, 6.07) is 5.71. The molecule has 2 aliphatic rings. The molecule has 0 spiro atoms. The van der Waals surface area contributed by atoms with Crippen LogP contribution in [0.15, 0.2) is 41.8 Å². The van der Waals surface area contributed by atoms with Crippen molar-refractivity contribution in [3.05, 3.63) is 47.4 Å². The SMILES string of the molecule is O=C1NC(=O)C(=S2C=CC=C2c2ccccc2OC(F)(F)F)S1. The van der Waals surface area contributed by atoms with Crippen molar-refractivity contribution in [1.82, 2.24) is 5.32 Å². The van der Waals surface area contributed by atoms with Crippen LogP contribution in [0.2, 0.25) is 0 Å². The third-order valence-corrected chi connectivity index (χ3v) is 6.15. The fraction of sp³-hybridized carbons (Fsp3) is 0.0714. The number of thioether (sulfide) groups is 1. The molecule has 2 aliphatic heterocycles. The van der Waals surface area contributed by atoms with E-state index in [4.69, 9.17) is 0 Å². The van der Waals surface area contributed by atoms with Crippen molar-refractivity contribution < 1.29 is 27.5 Å². The first kappa shape index (κ1) is 15.9. The number of ether oxygens (including phenoxy) is 1. The largest absolute Gasteiger partial charge is 0.573 e. The minimum atomic E-state index is -4.82. The number of alkyl halides is 3. The first-order chi connectivity index (χ1) is 10.8. The maximum atomic E-state index is 12.5. The van der Waals surface area contributed by atoms with Crippen molar-refractivity contribution in [2.45, 2.75) is 6.36 Å². The Balaban J connectivity index is 2.05. The predicted octanol–water partition coefficient (Wildman–Crippen LogP) is 3.84. The lowest BCUT2D eigenvalue weighted by Gasteiger charge is -2.15. The molecular weight excluding hydrogens is 351 g/mol. The molecule has 2 heterocycles. The summed E-state index contributed by atoms with van der Waals surface area (Å²) < 4.78 is 42.0. The molecule has 120 valence electrons. The Hall–Kier alpha value is -2.00. The molecule has 0 aromatic heterocycles. The van der Waals surface area contributed by atoms with Crippen LogP contribution in [0.3, 0.4) is 0 Å². The van der Waals surface area contributed by atoms with E-state index < -0.39 is 28.0 Å². The van der Waals surface area contributed by atoms with Gasteiger partial charge in [0.05, 0.1) is 0 Å². The summed E-state index contributed by atoms with van der Waals surface area (Å²) >= 11 is 0.763. The van der Waals surface area contributed by atoms with Gasteiger partial charge in [-0.15, -0.1) is 23.7 Å². The Labute approximate surface area is 135 Å². The van der Waals surface area contributed by atoms with Gasteiger partial charge in [-0.05, 0) is 29.3 Å². The number of imide groups is 1. The third kappa shape index (κ3) is 3.35. The second kappa shape index (κ2) is 5.89. The molecule has 3 rings (SSSR count). The van der Waals surface area contributed by atoms with Gasteiger partial charge in [0.25, 0.3) is 11.1 Å². The van der Waals surface area contributed by atoms with Crippen LogP contribution in [0.4, 0.5) is 18.0 Å². The number of hydrogen-bond acceptors (Lipinski definition) is 4. The molecule has 0 radical (unpaired) electrons. The van der Waals surface area contributed by atoms with Gasteiger partial charge in [-0.3, -0.25) is 14.9 Å². The van der Waals surface area contributed by atoms with E-state index in [-0.39, 0.29) is 15.5 Å². The van der Waals surface area contributed by atoms with Crippen LogP contribution in [0.1, 0.15) is 5.56 Å². The smallest absolute Gasteiger partial charge is 0.405 e. The van der Waals surface area contributed by atoms with E-state index in [1.54, 1.807) is 23.6 Å². The summed E-state index contributed by atoms with van der Waals surface area (Å²) in [5.74, 6) is -0.863. The van der Waals surface area contributed by atoms with Crippen molar-refractivity contribution in [2.24, 2.45) is 0 Å². The molecule has 1 unspecified atom stereocenters. The van der Waals surface area contributed by atoms with Crippen molar-refractivity contribution in [2.75, 3.05) is 0 Å². The molecule has 1 aromatic carbocycles. The summed E-state index contributed by atoms with van der Waals surface area (Å²) in [5.41, 5.74) is 0.235. The fourth-order valence-corrected chi connectivity index (χ4v) is 5.12. The third-order valence-electron chi connectivity index (χ3n) is 2.86.